The standard InChI is InChI=1S/C22H24N4O3S/c1-16-14-18(30-21-23-10-5-11-24-21)8-9-19(16)25-22(28)26(12-13-27)15-17-6-3-4-7-20(17)29-2/h3-11,14,27H,12-13,15H2,1-2H3,(H,25,28). The van der Waals surface area contributed by atoms with Gasteiger partial charge in [-0.2, -0.15) is 0 Å². The summed E-state index contributed by atoms with van der Waals surface area (Å²) in [4.78, 5) is 23.8. The number of rotatable bonds is 8. The van der Waals surface area contributed by atoms with Crippen LogP contribution in [0.3, 0.4) is 0 Å². The number of aliphatic hydroxyl groups is 1. The van der Waals surface area contributed by atoms with E-state index in [1.165, 1.54) is 11.8 Å². The molecule has 0 atom stereocenters. The Morgan fingerprint density at radius 1 is 1.17 bits per heavy atom. The number of carbonyl (C=O) groups is 1. The molecule has 30 heavy (non-hydrogen) atoms. The first-order valence-corrected chi connectivity index (χ1v) is 10.3. The van der Waals surface area contributed by atoms with E-state index in [1.807, 2.05) is 49.4 Å². The van der Waals surface area contributed by atoms with E-state index in [0.29, 0.717) is 23.1 Å². The number of aryl methyl sites for hydroxylation is 1. The lowest BCUT2D eigenvalue weighted by Gasteiger charge is -2.24. The van der Waals surface area contributed by atoms with E-state index in [1.54, 1.807) is 30.5 Å². The van der Waals surface area contributed by atoms with Gasteiger partial charge in [-0.05, 0) is 54.6 Å². The zero-order valence-corrected chi connectivity index (χ0v) is 17.7. The Morgan fingerprint density at radius 3 is 2.63 bits per heavy atom. The van der Waals surface area contributed by atoms with E-state index < -0.39 is 0 Å². The number of para-hydroxylation sites is 1. The minimum absolute atomic E-state index is 0.131. The summed E-state index contributed by atoms with van der Waals surface area (Å²) in [5.74, 6) is 0.703. The summed E-state index contributed by atoms with van der Waals surface area (Å²) in [6.45, 7) is 2.34. The van der Waals surface area contributed by atoms with Crippen LogP contribution in [0.25, 0.3) is 0 Å². The van der Waals surface area contributed by atoms with Crippen LogP contribution in [0.4, 0.5) is 10.5 Å². The third-order valence-electron chi connectivity index (χ3n) is 4.40. The lowest BCUT2D eigenvalue weighted by Crippen LogP contribution is -2.36. The fraction of sp³-hybridized carbons (Fsp3) is 0.227. The lowest BCUT2D eigenvalue weighted by atomic mass is 10.2. The van der Waals surface area contributed by atoms with Crippen molar-refractivity contribution in [1.82, 2.24) is 14.9 Å². The molecule has 7 nitrogen and oxygen atoms in total. The topological polar surface area (TPSA) is 87.6 Å². The number of urea groups is 1. The molecular weight excluding hydrogens is 400 g/mol. The predicted molar refractivity (Wildman–Crippen MR) is 117 cm³/mol. The summed E-state index contributed by atoms with van der Waals surface area (Å²) in [6, 6.07) is 14.8. The summed E-state index contributed by atoms with van der Waals surface area (Å²) in [5.41, 5.74) is 2.50. The molecule has 3 rings (SSSR count). The first-order valence-electron chi connectivity index (χ1n) is 9.45. The van der Waals surface area contributed by atoms with Gasteiger partial charge in [0.1, 0.15) is 5.75 Å². The molecule has 156 valence electrons. The van der Waals surface area contributed by atoms with Gasteiger partial charge in [-0.25, -0.2) is 14.8 Å². The van der Waals surface area contributed by atoms with E-state index in [4.69, 9.17) is 4.74 Å². The SMILES string of the molecule is COc1ccccc1CN(CCO)C(=O)Nc1ccc(Sc2ncccn2)cc1C. The number of hydrogen-bond acceptors (Lipinski definition) is 6. The van der Waals surface area contributed by atoms with Crippen LogP contribution in [0, 0.1) is 6.92 Å². The van der Waals surface area contributed by atoms with Crippen LogP contribution in [-0.2, 0) is 6.54 Å². The van der Waals surface area contributed by atoms with Gasteiger partial charge in [-0.1, -0.05) is 18.2 Å². The molecule has 1 aromatic heterocycles. The number of methoxy groups -OCH3 is 1. The third-order valence-corrected chi connectivity index (χ3v) is 5.28. The Labute approximate surface area is 180 Å². The van der Waals surface area contributed by atoms with Crippen molar-refractivity contribution in [3.05, 3.63) is 72.1 Å². The average molecular weight is 425 g/mol. The Kier molecular flexibility index (Phi) is 7.64. The van der Waals surface area contributed by atoms with Crippen molar-refractivity contribution in [2.45, 2.75) is 23.5 Å². The van der Waals surface area contributed by atoms with Crippen molar-refractivity contribution in [2.75, 3.05) is 25.6 Å². The molecule has 3 aromatic rings. The van der Waals surface area contributed by atoms with Gasteiger partial charge in [-0.3, -0.25) is 0 Å². The highest BCUT2D eigenvalue weighted by Gasteiger charge is 2.17. The first kappa shape index (κ1) is 21.6. The number of carbonyl (C=O) groups excluding carboxylic acids is 1. The maximum atomic E-state index is 12.9. The summed E-state index contributed by atoms with van der Waals surface area (Å²) < 4.78 is 5.37. The predicted octanol–water partition coefficient (Wildman–Crippen LogP) is 3.97. The van der Waals surface area contributed by atoms with Gasteiger partial charge in [0.15, 0.2) is 5.16 Å². The molecule has 1 heterocycles. The highest BCUT2D eigenvalue weighted by atomic mass is 32.2. The van der Waals surface area contributed by atoms with Gasteiger partial charge in [-0.15, -0.1) is 0 Å². The second kappa shape index (κ2) is 10.6. The van der Waals surface area contributed by atoms with Crippen LogP contribution in [0.2, 0.25) is 0 Å². The normalized spacial score (nSPS) is 10.5. The number of nitrogens with one attached hydrogen (secondary N) is 1. The quantitative estimate of drug-likeness (QED) is 0.532. The molecule has 0 unspecified atom stereocenters. The van der Waals surface area contributed by atoms with Crippen molar-refractivity contribution < 1.29 is 14.6 Å². The Hall–Kier alpha value is -3.10. The molecule has 0 saturated carbocycles. The number of nitrogens with zero attached hydrogens (tertiary/aromatic N) is 3. The van der Waals surface area contributed by atoms with Crippen molar-refractivity contribution in [1.29, 1.82) is 0 Å². The molecule has 0 fully saturated rings. The second-order valence-electron chi connectivity index (χ2n) is 6.50. The van der Waals surface area contributed by atoms with Crippen LogP contribution < -0.4 is 10.1 Å². The number of hydrogen-bond donors (Lipinski definition) is 2. The maximum absolute atomic E-state index is 12.9. The Balaban J connectivity index is 1.70. The minimum Gasteiger partial charge on any atom is -0.496 e. The van der Waals surface area contributed by atoms with Crippen LogP contribution in [0.1, 0.15) is 11.1 Å². The first-order chi connectivity index (χ1) is 14.6. The van der Waals surface area contributed by atoms with Crippen molar-refractivity contribution in [2.24, 2.45) is 0 Å². The maximum Gasteiger partial charge on any atom is 0.322 e. The molecule has 0 spiro atoms. The molecule has 2 N–H and O–H groups in total. The second-order valence-corrected chi connectivity index (χ2v) is 7.54. The number of ether oxygens (including phenoxy) is 1. The Bertz CT molecular complexity index is 985. The summed E-state index contributed by atoms with van der Waals surface area (Å²) in [6.07, 6.45) is 3.41. The summed E-state index contributed by atoms with van der Waals surface area (Å²) in [7, 11) is 1.60. The zero-order chi connectivity index (χ0) is 21.3. The molecular formula is C22H24N4O3S. The highest BCUT2D eigenvalue weighted by Crippen LogP contribution is 2.28. The molecule has 0 saturated heterocycles. The average Bonchev–Trinajstić information content (AvgIpc) is 2.76. The molecule has 0 bridgehead atoms. The molecule has 2 aromatic carbocycles. The monoisotopic (exact) mass is 424 g/mol. The van der Waals surface area contributed by atoms with E-state index in [9.17, 15) is 9.90 Å². The van der Waals surface area contributed by atoms with Gasteiger partial charge in [0.2, 0.25) is 0 Å². The number of aromatic nitrogens is 2. The zero-order valence-electron chi connectivity index (χ0n) is 16.9. The van der Waals surface area contributed by atoms with Gasteiger partial charge in [0.25, 0.3) is 0 Å². The van der Waals surface area contributed by atoms with Gasteiger partial charge in [0.05, 0.1) is 20.3 Å². The summed E-state index contributed by atoms with van der Waals surface area (Å²) >= 11 is 1.46. The Morgan fingerprint density at radius 2 is 1.93 bits per heavy atom. The van der Waals surface area contributed by atoms with Crippen LogP contribution in [0.15, 0.2) is 71.0 Å². The number of aliphatic hydroxyl groups excluding tert-OH is 1. The van der Waals surface area contributed by atoms with E-state index in [-0.39, 0.29) is 19.2 Å². The number of benzene rings is 2. The van der Waals surface area contributed by atoms with Gasteiger partial charge in [0, 0.05) is 35.1 Å². The van der Waals surface area contributed by atoms with Crippen LogP contribution >= 0.6 is 11.8 Å². The van der Waals surface area contributed by atoms with E-state index in [2.05, 4.69) is 15.3 Å². The third kappa shape index (κ3) is 5.71. The fourth-order valence-corrected chi connectivity index (χ4v) is 3.70. The van der Waals surface area contributed by atoms with Gasteiger partial charge >= 0.3 is 6.03 Å². The number of anilines is 1. The van der Waals surface area contributed by atoms with Crippen molar-refractivity contribution >= 4 is 23.5 Å². The molecule has 8 heteroatoms. The van der Waals surface area contributed by atoms with Crippen LogP contribution in [0.5, 0.6) is 5.75 Å². The molecule has 0 aliphatic rings. The van der Waals surface area contributed by atoms with Crippen molar-refractivity contribution in [3.63, 3.8) is 0 Å². The fourth-order valence-electron chi connectivity index (χ4n) is 2.89. The van der Waals surface area contributed by atoms with Crippen molar-refractivity contribution in [3.8, 4) is 5.75 Å². The minimum atomic E-state index is -0.287. The van der Waals surface area contributed by atoms with Crippen LogP contribution in [-0.4, -0.2) is 46.3 Å². The van der Waals surface area contributed by atoms with E-state index >= 15 is 0 Å². The summed E-state index contributed by atoms with van der Waals surface area (Å²) in [5, 5.41) is 13.0. The molecule has 2 amide bonds. The largest absolute Gasteiger partial charge is 0.496 e. The smallest absolute Gasteiger partial charge is 0.322 e. The highest BCUT2D eigenvalue weighted by molar-refractivity contribution is 7.99. The van der Waals surface area contributed by atoms with E-state index in [0.717, 1.165) is 16.0 Å². The number of amides is 2. The molecule has 0 aliphatic heterocycles. The lowest BCUT2D eigenvalue weighted by molar-refractivity contribution is 0.184. The van der Waals surface area contributed by atoms with Gasteiger partial charge < -0.3 is 20.1 Å². The molecule has 0 aliphatic carbocycles. The molecule has 0 radical (unpaired) electrons.